The van der Waals surface area contributed by atoms with Gasteiger partial charge in [-0.25, -0.2) is 0 Å². The predicted octanol–water partition coefficient (Wildman–Crippen LogP) is 5.91. The van der Waals surface area contributed by atoms with Crippen molar-refractivity contribution >= 4 is 34.3 Å². The fourth-order valence-electron chi connectivity index (χ4n) is 5.86. The van der Waals surface area contributed by atoms with E-state index in [0.717, 1.165) is 42.9 Å². The van der Waals surface area contributed by atoms with Crippen LogP contribution in [0.15, 0.2) is 72.8 Å². The van der Waals surface area contributed by atoms with Crippen molar-refractivity contribution in [2.24, 2.45) is 11.8 Å². The molecule has 0 saturated heterocycles. The van der Waals surface area contributed by atoms with Gasteiger partial charge in [-0.2, -0.15) is 13.2 Å². The topological polar surface area (TPSA) is 104 Å². The Balaban J connectivity index is 1.58. The van der Waals surface area contributed by atoms with Crippen molar-refractivity contribution in [3.05, 3.63) is 83.9 Å². The Bertz CT molecular complexity index is 1490. The number of nitrogens with one attached hydrogen (secondary N) is 3. The van der Waals surface area contributed by atoms with Gasteiger partial charge in [0.25, 0.3) is 11.7 Å². The molecule has 0 spiro atoms. The van der Waals surface area contributed by atoms with Crippen molar-refractivity contribution in [1.29, 1.82) is 0 Å². The van der Waals surface area contributed by atoms with Gasteiger partial charge in [-0.15, -0.1) is 0 Å². The highest BCUT2D eigenvalue weighted by molar-refractivity contribution is 6.01. The number of hydrogen-bond acceptors (Lipinski definition) is 4. The lowest BCUT2D eigenvalue weighted by Gasteiger charge is -2.29. The van der Waals surface area contributed by atoms with Gasteiger partial charge in [0.05, 0.1) is 6.04 Å². The van der Waals surface area contributed by atoms with Gasteiger partial charge in [-0.05, 0) is 46.7 Å². The van der Waals surface area contributed by atoms with Gasteiger partial charge in [-0.1, -0.05) is 107 Å². The number of fused-ring (bicyclic) bond motifs is 1. The van der Waals surface area contributed by atoms with Gasteiger partial charge in [0, 0.05) is 12.0 Å². The van der Waals surface area contributed by atoms with Crippen molar-refractivity contribution < 1.29 is 32.3 Å². The van der Waals surface area contributed by atoms with E-state index in [0.29, 0.717) is 17.5 Å². The molecule has 0 aromatic heterocycles. The fourth-order valence-corrected chi connectivity index (χ4v) is 5.86. The van der Waals surface area contributed by atoms with E-state index in [1.807, 2.05) is 30.3 Å². The maximum Gasteiger partial charge on any atom is 0.452 e. The molecule has 1 fully saturated rings. The zero-order valence-corrected chi connectivity index (χ0v) is 25.5. The molecule has 240 valence electrons. The SMILES string of the molecule is CC(C)[C@H](NC(=O)[C@H](Cc1ccccc1)NC(=O)[C@H](CC1CCCCC1)NC(=O)c1ccc2ccccc2c1)C(=O)C(F)(F)F. The molecule has 4 rings (SSSR count). The van der Waals surface area contributed by atoms with Crippen LogP contribution in [0.2, 0.25) is 0 Å². The highest BCUT2D eigenvalue weighted by Gasteiger charge is 2.45. The highest BCUT2D eigenvalue weighted by atomic mass is 19.4. The minimum absolute atomic E-state index is 0.0296. The summed E-state index contributed by atoms with van der Waals surface area (Å²) in [4.78, 5) is 52.9. The molecule has 0 heterocycles. The van der Waals surface area contributed by atoms with E-state index in [-0.39, 0.29) is 12.3 Å². The molecule has 45 heavy (non-hydrogen) atoms. The lowest BCUT2D eigenvalue weighted by Crippen LogP contribution is -2.58. The van der Waals surface area contributed by atoms with Crippen LogP contribution >= 0.6 is 0 Å². The first-order valence-corrected chi connectivity index (χ1v) is 15.5. The summed E-state index contributed by atoms with van der Waals surface area (Å²) in [5.41, 5.74) is 1.03. The second kappa shape index (κ2) is 15.2. The number of benzene rings is 3. The minimum Gasteiger partial charge on any atom is -0.344 e. The standard InChI is InChI=1S/C35H40F3N3O4/c1-22(2)30(31(42)35(36,37)38)41-34(45)29(20-24-13-7-4-8-14-24)40-33(44)28(19-23-11-5-3-6-12-23)39-32(43)27-18-17-25-15-9-10-16-26(25)21-27/h4,7-10,13-18,21-23,28-30H,3,5-6,11-12,19-20H2,1-2H3,(H,39,43)(H,40,44)(H,41,45)/t28-,29-,30-/m0/s1. The monoisotopic (exact) mass is 623 g/mol. The Morgan fingerprint density at radius 1 is 0.756 bits per heavy atom. The Labute approximate surface area is 261 Å². The van der Waals surface area contributed by atoms with E-state index in [4.69, 9.17) is 0 Å². The molecule has 1 aliphatic rings. The molecule has 3 aromatic carbocycles. The molecule has 3 N–H and O–H groups in total. The zero-order valence-electron chi connectivity index (χ0n) is 25.5. The maximum atomic E-state index is 13.9. The summed E-state index contributed by atoms with van der Waals surface area (Å²) in [7, 11) is 0. The number of hydrogen-bond donors (Lipinski definition) is 3. The van der Waals surface area contributed by atoms with E-state index in [1.165, 1.54) is 13.8 Å². The van der Waals surface area contributed by atoms with Crippen LogP contribution in [0, 0.1) is 11.8 Å². The second-order valence-electron chi connectivity index (χ2n) is 12.2. The van der Waals surface area contributed by atoms with Gasteiger partial charge < -0.3 is 16.0 Å². The molecule has 0 bridgehead atoms. The van der Waals surface area contributed by atoms with Crippen LogP contribution in [0.3, 0.4) is 0 Å². The Morgan fingerprint density at radius 2 is 1.38 bits per heavy atom. The van der Waals surface area contributed by atoms with Crippen LogP contribution in [-0.4, -0.2) is 47.8 Å². The van der Waals surface area contributed by atoms with E-state index < -0.39 is 53.7 Å². The summed E-state index contributed by atoms with van der Waals surface area (Å²) < 4.78 is 40.0. The fraction of sp³-hybridized carbons (Fsp3) is 0.429. The molecule has 3 amide bonds. The molecule has 1 aliphatic carbocycles. The van der Waals surface area contributed by atoms with Crippen LogP contribution in [0.5, 0.6) is 0 Å². The predicted molar refractivity (Wildman–Crippen MR) is 166 cm³/mol. The Morgan fingerprint density at radius 3 is 2.02 bits per heavy atom. The minimum atomic E-state index is -5.14. The summed E-state index contributed by atoms with van der Waals surface area (Å²) in [6, 6.07) is 17.5. The number of amides is 3. The molecule has 10 heteroatoms. The average molecular weight is 624 g/mol. The van der Waals surface area contributed by atoms with Crippen LogP contribution in [-0.2, 0) is 20.8 Å². The molecule has 0 radical (unpaired) electrons. The average Bonchev–Trinajstić information content (AvgIpc) is 3.02. The third-order valence-electron chi connectivity index (χ3n) is 8.37. The number of carbonyl (C=O) groups excluding carboxylic acids is 4. The van der Waals surface area contributed by atoms with E-state index in [1.54, 1.807) is 42.5 Å². The largest absolute Gasteiger partial charge is 0.452 e. The van der Waals surface area contributed by atoms with Crippen molar-refractivity contribution in [2.45, 2.75) is 83.1 Å². The number of ketones is 1. The summed E-state index contributed by atoms with van der Waals surface area (Å²) in [5.74, 6) is -4.71. The maximum absolute atomic E-state index is 13.9. The molecule has 0 aliphatic heterocycles. The van der Waals surface area contributed by atoms with Gasteiger partial charge in [0.15, 0.2) is 0 Å². The smallest absolute Gasteiger partial charge is 0.344 e. The van der Waals surface area contributed by atoms with Gasteiger partial charge in [-0.3, -0.25) is 19.2 Å². The molecule has 3 aromatic rings. The molecular formula is C35H40F3N3O4. The van der Waals surface area contributed by atoms with E-state index in [9.17, 15) is 32.3 Å². The third-order valence-corrected chi connectivity index (χ3v) is 8.37. The van der Waals surface area contributed by atoms with Crippen molar-refractivity contribution in [3.63, 3.8) is 0 Å². The lowest BCUT2D eigenvalue weighted by atomic mass is 9.84. The zero-order chi connectivity index (χ0) is 32.6. The van der Waals surface area contributed by atoms with Gasteiger partial charge >= 0.3 is 6.18 Å². The van der Waals surface area contributed by atoms with Crippen LogP contribution in [0.1, 0.15) is 68.3 Å². The quantitative estimate of drug-likeness (QED) is 0.233. The Kier molecular flexibility index (Phi) is 11.4. The van der Waals surface area contributed by atoms with Crippen LogP contribution in [0.4, 0.5) is 13.2 Å². The van der Waals surface area contributed by atoms with Gasteiger partial charge in [0.1, 0.15) is 12.1 Å². The normalized spacial score (nSPS) is 16.0. The lowest BCUT2D eigenvalue weighted by molar-refractivity contribution is -0.175. The third kappa shape index (κ3) is 9.39. The molecule has 3 atom stereocenters. The molecule has 1 saturated carbocycles. The second-order valence-corrected chi connectivity index (χ2v) is 12.2. The molecule has 7 nitrogen and oxygen atoms in total. The summed E-state index contributed by atoms with van der Waals surface area (Å²) in [6.45, 7) is 2.81. The first-order valence-electron chi connectivity index (χ1n) is 15.5. The van der Waals surface area contributed by atoms with Crippen molar-refractivity contribution in [1.82, 2.24) is 16.0 Å². The number of rotatable bonds is 12. The Hall–Kier alpha value is -4.21. The number of halogens is 3. The van der Waals surface area contributed by atoms with E-state index >= 15 is 0 Å². The number of carbonyl (C=O) groups is 4. The summed E-state index contributed by atoms with van der Waals surface area (Å²) >= 11 is 0. The van der Waals surface area contributed by atoms with Crippen LogP contribution in [0.25, 0.3) is 10.8 Å². The molecular weight excluding hydrogens is 583 g/mol. The first-order chi connectivity index (χ1) is 21.4. The molecule has 0 unspecified atom stereocenters. The van der Waals surface area contributed by atoms with E-state index in [2.05, 4.69) is 16.0 Å². The van der Waals surface area contributed by atoms with Crippen molar-refractivity contribution in [2.75, 3.05) is 0 Å². The van der Waals surface area contributed by atoms with Crippen LogP contribution < -0.4 is 16.0 Å². The summed E-state index contributed by atoms with van der Waals surface area (Å²) in [6.07, 6.45) is 0.117. The summed E-state index contributed by atoms with van der Waals surface area (Å²) in [5, 5.41) is 9.64. The van der Waals surface area contributed by atoms with Crippen molar-refractivity contribution in [3.8, 4) is 0 Å². The highest BCUT2D eigenvalue weighted by Crippen LogP contribution is 2.28. The first kappa shape index (κ1) is 33.7. The van der Waals surface area contributed by atoms with Gasteiger partial charge in [0.2, 0.25) is 11.8 Å². The number of alkyl halides is 3. The number of Topliss-reactive ketones (excluding diaryl/α,β-unsaturated/α-hetero) is 1.